The van der Waals surface area contributed by atoms with Crippen LogP contribution in [0.5, 0.6) is 0 Å². The Morgan fingerprint density at radius 3 is 0.351 bits per heavy atom. The molecule has 21 aliphatic heterocycles. The summed E-state index contributed by atoms with van der Waals surface area (Å²) in [6.45, 7) is -7.33. The zero-order chi connectivity index (χ0) is 56.1. The van der Waals surface area contributed by atoms with Crippen LogP contribution in [-0.2, 0) is 66.3 Å². The van der Waals surface area contributed by atoms with Gasteiger partial charge in [0.25, 0.3) is 0 Å². The molecule has 0 saturated carbocycles. The van der Waals surface area contributed by atoms with Crippen molar-refractivity contribution in [1.29, 1.82) is 0 Å². The lowest BCUT2D eigenvalue weighted by Gasteiger charge is -2.50. The van der Waals surface area contributed by atoms with Gasteiger partial charge in [0.05, 0.1) is 46.2 Å². The SMILES string of the molecule is OC[C@H]1OC2O[C@H]3[C@H](O)C(O)C(O[C@@H]3CO)O[C@H]3C(O)[C@@H](O)C(O[C@H]4[C@H](O)C(O)C(O[C@@H]4CO)O[C@H]4C(O)[C@@H](O)C(O[C@@H]4CO)O[C@H]4C(O)C(O)C(O[C@H]5[C@H](O)C(O)C(O[C@H]1[C@H](O)[C@H]2O)O[C@@H]5CO)O[C@@H]4CO)O[C@@H]3CO. The van der Waals surface area contributed by atoms with Crippen LogP contribution in [0.1, 0.15) is 0 Å². The number of hydrogen-bond acceptors (Lipinski definition) is 35. The topological polar surface area (TPSA) is 554 Å². The van der Waals surface area contributed by atoms with Crippen molar-refractivity contribution in [2.75, 3.05) is 46.2 Å². The van der Waals surface area contributed by atoms with E-state index in [2.05, 4.69) is 0 Å². The first-order chi connectivity index (χ1) is 36.7. The van der Waals surface area contributed by atoms with Gasteiger partial charge in [-0.05, 0) is 0 Å². The third kappa shape index (κ3) is 12.1. The van der Waals surface area contributed by atoms with Crippen LogP contribution in [0.15, 0.2) is 0 Å². The Morgan fingerprint density at radius 2 is 0.260 bits per heavy atom. The smallest absolute Gasteiger partial charge is 0.187 e. The van der Waals surface area contributed by atoms with Crippen molar-refractivity contribution >= 4 is 0 Å². The molecule has 0 aromatic rings. The quantitative estimate of drug-likeness (QED) is 0.113. The van der Waals surface area contributed by atoms with E-state index in [1.54, 1.807) is 0 Å². The van der Waals surface area contributed by atoms with E-state index in [0.717, 1.165) is 0 Å². The second-order valence-electron chi connectivity index (χ2n) is 19.7. The average Bonchev–Trinajstić information content (AvgIpc) is 3.45. The minimum Gasteiger partial charge on any atom is -0.394 e. The van der Waals surface area contributed by atoms with Crippen LogP contribution in [0.25, 0.3) is 0 Å². The Bertz CT molecular complexity index is 1470. The molecule has 14 bridgehead atoms. The molecule has 0 aromatic heterocycles. The maximum absolute atomic E-state index is 11.3. The molecule has 21 saturated heterocycles. The van der Waals surface area contributed by atoms with Crippen molar-refractivity contribution < 1.29 is 174 Å². The molecule has 35 atom stereocenters. The Kier molecular flexibility index (Phi) is 20.8. The molecule has 35 heteroatoms. The van der Waals surface area contributed by atoms with Gasteiger partial charge < -0.3 is 174 Å². The molecule has 35 nitrogen and oxygen atoms in total. The minimum absolute atomic E-state index is 1.05. The lowest BCUT2D eigenvalue weighted by molar-refractivity contribution is -0.396. The van der Waals surface area contributed by atoms with E-state index in [0.29, 0.717) is 0 Å². The maximum atomic E-state index is 11.3. The highest BCUT2D eigenvalue weighted by atomic mass is 16.8. The fraction of sp³-hybridized carbons (Fsp3) is 1.00. The van der Waals surface area contributed by atoms with Gasteiger partial charge in [-0.2, -0.15) is 0 Å². The number of ether oxygens (including phenoxy) is 14. The molecular weight excluding hydrogens is 1060 g/mol. The normalized spacial score (nSPS) is 55.4. The molecule has 21 aliphatic rings. The van der Waals surface area contributed by atoms with Crippen LogP contribution in [-0.4, -0.2) is 368 Å². The van der Waals surface area contributed by atoms with Crippen LogP contribution in [0, 0.1) is 0 Å². The summed E-state index contributed by atoms with van der Waals surface area (Å²) in [5, 5.41) is 230. The van der Waals surface area contributed by atoms with Crippen LogP contribution in [0.3, 0.4) is 0 Å². The second kappa shape index (κ2) is 26.0. The number of hydrogen-bond donors (Lipinski definition) is 21. The molecular formula is C42H70O35. The first-order valence-corrected chi connectivity index (χ1v) is 24.6. The Balaban J connectivity index is 1.08. The number of rotatable bonds is 7. The summed E-state index contributed by atoms with van der Waals surface area (Å²) < 4.78 is 79.5. The van der Waals surface area contributed by atoms with Crippen molar-refractivity contribution in [1.82, 2.24) is 0 Å². The molecule has 77 heavy (non-hydrogen) atoms. The van der Waals surface area contributed by atoms with Crippen molar-refractivity contribution in [2.45, 2.75) is 215 Å². The lowest BCUT2D eigenvalue weighted by Crippen LogP contribution is -2.68. The van der Waals surface area contributed by atoms with Crippen LogP contribution in [0.4, 0.5) is 0 Å². The number of aliphatic hydroxyl groups is 21. The van der Waals surface area contributed by atoms with Crippen LogP contribution >= 0.6 is 0 Å². The summed E-state index contributed by atoms with van der Waals surface area (Å²) >= 11 is 0. The van der Waals surface area contributed by atoms with Crippen molar-refractivity contribution in [2.24, 2.45) is 0 Å². The summed E-state index contributed by atoms with van der Waals surface area (Å²) in [4.78, 5) is 0. The summed E-state index contributed by atoms with van der Waals surface area (Å²) in [6.07, 6.45) is -70.2. The van der Waals surface area contributed by atoms with Crippen molar-refractivity contribution in [3.63, 3.8) is 0 Å². The largest absolute Gasteiger partial charge is 0.394 e. The Morgan fingerprint density at radius 1 is 0.156 bits per heavy atom. The molecule has 0 aliphatic carbocycles. The van der Waals surface area contributed by atoms with E-state index in [9.17, 15) is 107 Å². The van der Waals surface area contributed by atoms with Crippen molar-refractivity contribution in [3.05, 3.63) is 0 Å². The first-order valence-electron chi connectivity index (χ1n) is 24.6. The van der Waals surface area contributed by atoms with Gasteiger partial charge in [-0.3, -0.25) is 0 Å². The molecule has 0 aromatic carbocycles. The molecule has 21 rings (SSSR count). The average molecular weight is 1130 g/mol. The predicted molar refractivity (Wildman–Crippen MR) is 228 cm³/mol. The zero-order valence-corrected chi connectivity index (χ0v) is 40.3. The zero-order valence-electron chi connectivity index (χ0n) is 40.3. The molecule has 0 radical (unpaired) electrons. The highest BCUT2D eigenvalue weighted by Gasteiger charge is 2.59. The lowest BCUT2D eigenvalue weighted by atomic mass is 9.95. The molecule has 21 N–H and O–H groups in total. The van der Waals surface area contributed by atoms with Gasteiger partial charge in [0.2, 0.25) is 0 Å². The van der Waals surface area contributed by atoms with E-state index in [1.165, 1.54) is 0 Å². The second-order valence-corrected chi connectivity index (χ2v) is 19.7. The van der Waals surface area contributed by atoms with Crippen molar-refractivity contribution in [3.8, 4) is 0 Å². The molecule has 21 fully saturated rings. The molecule has 448 valence electrons. The summed E-state index contributed by atoms with van der Waals surface area (Å²) in [6, 6.07) is 0. The number of aliphatic hydroxyl groups excluding tert-OH is 21. The standard InChI is InChI=1S/C42H70O35/c43-1-8-29-15(50)22(57)36(64-8)72-30-9(2-44)66-38(24(59)17(30)52)74-32-11(4-46)68-40(26(61)19(32)54)76-34-13(6-48)70-42(28(63)21(34)56)77-35-14(7-49)69-41(27(62)20(35)55)75-33-12(5-47)67-39(25(60)18(33)53)73-31-10(3-45)65-37(71-29)23(58)16(31)51/h8-63H,1-7H2/t8-,9-,10-,11-,12-,13-,14-,15-,16-,17-,18?,19?,20?,21-,22-,23?,24?,25?,26-,27-,28?,29-,30-,31-,32-,33-,34-,35-,36?,37?,38?,39?,40?,41?,42?/m1/s1. The van der Waals surface area contributed by atoms with E-state index < -0.39 is 261 Å². The van der Waals surface area contributed by atoms with Gasteiger partial charge in [-0.15, -0.1) is 0 Å². The van der Waals surface area contributed by atoms with E-state index in [-0.39, 0.29) is 0 Å². The highest BCUT2D eigenvalue weighted by molar-refractivity contribution is 5.01. The van der Waals surface area contributed by atoms with Gasteiger partial charge in [0.1, 0.15) is 171 Å². The first kappa shape index (κ1) is 61.7. The van der Waals surface area contributed by atoms with Gasteiger partial charge in [-0.1, -0.05) is 0 Å². The van der Waals surface area contributed by atoms with Gasteiger partial charge in [0, 0.05) is 0 Å². The third-order valence-electron chi connectivity index (χ3n) is 14.8. The highest BCUT2D eigenvalue weighted by Crippen LogP contribution is 2.39. The fourth-order valence-electron chi connectivity index (χ4n) is 10.4. The monoisotopic (exact) mass is 1130 g/mol. The van der Waals surface area contributed by atoms with Crippen LogP contribution in [0.2, 0.25) is 0 Å². The summed E-state index contributed by atoms with van der Waals surface area (Å²) in [5.74, 6) is 0. The molecule has 14 unspecified atom stereocenters. The van der Waals surface area contributed by atoms with Gasteiger partial charge >= 0.3 is 0 Å². The maximum Gasteiger partial charge on any atom is 0.187 e. The Hall–Kier alpha value is -1.40. The van der Waals surface area contributed by atoms with E-state index >= 15 is 0 Å². The van der Waals surface area contributed by atoms with E-state index in [1.807, 2.05) is 0 Å². The van der Waals surface area contributed by atoms with E-state index in [4.69, 9.17) is 66.3 Å². The molecule has 0 spiro atoms. The van der Waals surface area contributed by atoms with Gasteiger partial charge in [0.15, 0.2) is 44.0 Å². The van der Waals surface area contributed by atoms with Gasteiger partial charge in [-0.25, -0.2) is 0 Å². The molecule has 0 amide bonds. The summed E-state index contributed by atoms with van der Waals surface area (Å²) in [5.41, 5.74) is 0. The minimum atomic E-state index is -2.21. The fourth-order valence-corrected chi connectivity index (χ4v) is 10.4. The third-order valence-corrected chi connectivity index (χ3v) is 14.8. The Labute approximate surface area is 434 Å². The summed E-state index contributed by atoms with van der Waals surface area (Å²) in [7, 11) is 0. The predicted octanol–water partition coefficient (Wildman–Crippen LogP) is -15.2. The van der Waals surface area contributed by atoms with Crippen LogP contribution < -0.4 is 0 Å². The molecule has 21 heterocycles.